The van der Waals surface area contributed by atoms with Crippen molar-refractivity contribution in [2.45, 2.75) is 26.2 Å². The first kappa shape index (κ1) is 10.6. The topological polar surface area (TPSA) is 42.7 Å². The second kappa shape index (κ2) is 3.93. The highest BCUT2D eigenvalue weighted by atomic mass is 15.3. The highest BCUT2D eigenvalue weighted by Gasteiger charge is 2.41. The van der Waals surface area contributed by atoms with Gasteiger partial charge in [0, 0.05) is 20.0 Å². The summed E-state index contributed by atoms with van der Waals surface area (Å²) >= 11 is 0. The summed E-state index contributed by atoms with van der Waals surface area (Å²) in [4.78, 5) is 4.32. The predicted molar refractivity (Wildman–Crippen MR) is 59.5 cm³/mol. The molecule has 0 amide bonds. The van der Waals surface area contributed by atoms with Crippen molar-refractivity contribution in [1.29, 1.82) is 0 Å². The third kappa shape index (κ3) is 2.20. The van der Waals surface area contributed by atoms with Crippen molar-refractivity contribution in [3.8, 4) is 0 Å². The molecule has 0 aromatic carbocycles. The molecule has 1 aliphatic carbocycles. The van der Waals surface area contributed by atoms with Crippen LogP contribution in [0.25, 0.3) is 0 Å². The third-order valence-corrected chi connectivity index (χ3v) is 3.51. The third-order valence-electron chi connectivity index (χ3n) is 3.51. The van der Waals surface area contributed by atoms with Gasteiger partial charge in [-0.1, -0.05) is 6.92 Å². The number of hydrogen-bond acceptors (Lipinski definition) is 3. The Bertz CT molecular complexity index is 329. The Balaban J connectivity index is 2.09. The minimum Gasteiger partial charge on any atom is -0.319 e. The lowest BCUT2D eigenvalue weighted by molar-refractivity contribution is 0.254. The number of aryl methyl sites for hydroxylation is 1. The molecule has 1 aromatic rings. The molecule has 0 aliphatic heterocycles. The highest BCUT2D eigenvalue weighted by molar-refractivity contribution is 4.99. The molecule has 2 rings (SSSR count). The quantitative estimate of drug-likeness (QED) is 0.785. The fourth-order valence-corrected chi connectivity index (χ4v) is 2.38. The van der Waals surface area contributed by atoms with Crippen LogP contribution in [0.1, 0.15) is 25.6 Å². The minimum atomic E-state index is 0.343. The van der Waals surface area contributed by atoms with E-state index in [4.69, 9.17) is 0 Å². The van der Waals surface area contributed by atoms with Gasteiger partial charge in [0.05, 0.1) is 0 Å². The standard InChI is InChI=1S/C11H20N4/c1-11(7-12-2,9-4-5-9)6-10-13-8-14-15(10)3/h8-9,12H,4-7H2,1-3H3. The number of rotatable bonds is 5. The molecule has 1 aromatic heterocycles. The van der Waals surface area contributed by atoms with Crippen molar-refractivity contribution in [3.63, 3.8) is 0 Å². The summed E-state index contributed by atoms with van der Waals surface area (Å²) in [6, 6.07) is 0. The summed E-state index contributed by atoms with van der Waals surface area (Å²) in [5.74, 6) is 1.96. The number of hydrogen-bond donors (Lipinski definition) is 1. The first-order valence-corrected chi connectivity index (χ1v) is 5.63. The van der Waals surface area contributed by atoms with Crippen LogP contribution in [0, 0.1) is 11.3 Å². The van der Waals surface area contributed by atoms with E-state index in [9.17, 15) is 0 Å². The van der Waals surface area contributed by atoms with E-state index >= 15 is 0 Å². The largest absolute Gasteiger partial charge is 0.319 e. The van der Waals surface area contributed by atoms with E-state index < -0.39 is 0 Å². The molecule has 1 saturated carbocycles. The molecule has 4 heteroatoms. The maximum Gasteiger partial charge on any atom is 0.138 e. The monoisotopic (exact) mass is 208 g/mol. The zero-order valence-electron chi connectivity index (χ0n) is 9.82. The summed E-state index contributed by atoms with van der Waals surface area (Å²) in [6.07, 6.45) is 5.41. The van der Waals surface area contributed by atoms with E-state index in [0.29, 0.717) is 5.41 Å². The molecule has 0 spiro atoms. The van der Waals surface area contributed by atoms with Gasteiger partial charge in [-0.15, -0.1) is 0 Å². The van der Waals surface area contributed by atoms with Crippen LogP contribution in [0.2, 0.25) is 0 Å². The second-order valence-corrected chi connectivity index (χ2v) is 4.94. The van der Waals surface area contributed by atoms with Crippen LogP contribution in [-0.2, 0) is 13.5 Å². The van der Waals surface area contributed by atoms with Crippen LogP contribution >= 0.6 is 0 Å². The van der Waals surface area contributed by atoms with Gasteiger partial charge in [-0.2, -0.15) is 5.10 Å². The van der Waals surface area contributed by atoms with E-state index in [1.165, 1.54) is 12.8 Å². The number of nitrogens with zero attached hydrogens (tertiary/aromatic N) is 3. The van der Waals surface area contributed by atoms with Gasteiger partial charge in [-0.05, 0) is 31.2 Å². The summed E-state index contributed by atoms with van der Waals surface area (Å²) in [6.45, 7) is 3.42. The lowest BCUT2D eigenvalue weighted by Gasteiger charge is -2.28. The molecule has 15 heavy (non-hydrogen) atoms. The van der Waals surface area contributed by atoms with Crippen LogP contribution in [-0.4, -0.2) is 28.4 Å². The highest BCUT2D eigenvalue weighted by Crippen LogP contribution is 2.46. The lowest BCUT2D eigenvalue weighted by atomic mass is 9.81. The van der Waals surface area contributed by atoms with Gasteiger partial charge in [0.1, 0.15) is 12.2 Å². The Morgan fingerprint density at radius 3 is 2.80 bits per heavy atom. The molecule has 84 valence electrons. The Morgan fingerprint density at radius 2 is 2.33 bits per heavy atom. The number of nitrogens with one attached hydrogen (secondary N) is 1. The van der Waals surface area contributed by atoms with Crippen molar-refractivity contribution in [2.24, 2.45) is 18.4 Å². The van der Waals surface area contributed by atoms with Gasteiger partial charge in [0.15, 0.2) is 0 Å². The van der Waals surface area contributed by atoms with Crippen LogP contribution in [0.15, 0.2) is 6.33 Å². The van der Waals surface area contributed by atoms with Gasteiger partial charge in [-0.3, -0.25) is 4.68 Å². The van der Waals surface area contributed by atoms with Gasteiger partial charge in [0.2, 0.25) is 0 Å². The van der Waals surface area contributed by atoms with Crippen molar-refractivity contribution in [2.75, 3.05) is 13.6 Å². The zero-order chi connectivity index (χ0) is 10.9. The molecule has 1 aliphatic rings. The smallest absolute Gasteiger partial charge is 0.138 e. The normalized spacial score (nSPS) is 20.2. The fraction of sp³-hybridized carbons (Fsp3) is 0.818. The van der Waals surface area contributed by atoms with Crippen molar-refractivity contribution < 1.29 is 0 Å². The molecular formula is C11H20N4. The molecular weight excluding hydrogens is 188 g/mol. The predicted octanol–water partition coefficient (Wildman–Crippen LogP) is 0.993. The molecule has 0 saturated heterocycles. The fourth-order valence-electron chi connectivity index (χ4n) is 2.38. The van der Waals surface area contributed by atoms with E-state index in [-0.39, 0.29) is 0 Å². The molecule has 1 unspecified atom stereocenters. The first-order valence-electron chi connectivity index (χ1n) is 5.63. The Labute approximate surface area is 91.1 Å². The van der Waals surface area contributed by atoms with E-state index in [1.54, 1.807) is 6.33 Å². The van der Waals surface area contributed by atoms with Gasteiger partial charge < -0.3 is 5.32 Å². The molecule has 0 bridgehead atoms. The van der Waals surface area contributed by atoms with Gasteiger partial charge >= 0.3 is 0 Å². The van der Waals surface area contributed by atoms with Gasteiger partial charge in [-0.25, -0.2) is 4.98 Å². The molecule has 0 radical (unpaired) electrons. The second-order valence-electron chi connectivity index (χ2n) is 4.94. The Kier molecular flexibility index (Phi) is 2.78. The maximum atomic E-state index is 4.32. The van der Waals surface area contributed by atoms with E-state index in [2.05, 4.69) is 22.3 Å². The zero-order valence-corrected chi connectivity index (χ0v) is 9.82. The van der Waals surface area contributed by atoms with Crippen molar-refractivity contribution in [1.82, 2.24) is 20.1 Å². The van der Waals surface area contributed by atoms with Crippen LogP contribution in [0.4, 0.5) is 0 Å². The van der Waals surface area contributed by atoms with Gasteiger partial charge in [0.25, 0.3) is 0 Å². The summed E-state index contributed by atoms with van der Waals surface area (Å²) in [7, 11) is 3.99. The Hall–Kier alpha value is -0.900. The average Bonchev–Trinajstić information content (AvgIpc) is 2.95. The summed E-state index contributed by atoms with van der Waals surface area (Å²) in [5, 5.41) is 7.43. The Morgan fingerprint density at radius 1 is 1.60 bits per heavy atom. The molecule has 1 atom stereocenters. The maximum absolute atomic E-state index is 4.32. The van der Waals surface area contributed by atoms with Crippen molar-refractivity contribution in [3.05, 3.63) is 12.2 Å². The van der Waals surface area contributed by atoms with Crippen molar-refractivity contribution >= 4 is 0 Å². The molecule has 1 fully saturated rings. The summed E-state index contributed by atoms with van der Waals surface area (Å²) < 4.78 is 1.89. The van der Waals surface area contributed by atoms with Crippen LogP contribution in [0.5, 0.6) is 0 Å². The van der Waals surface area contributed by atoms with Crippen LogP contribution < -0.4 is 5.32 Å². The number of aromatic nitrogens is 3. The SMILES string of the molecule is CNCC(C)(Cc1ncnn1C)C1CC1. The van der Waals surface area contributed by atoms with E-state index in [1.807, 2.05) is 18.8 Å². The van der Waals surface area contributed by atoms with E-state index in [0.717, 1.165) is 24.7 Å². The molecule has 1 N–H and O–H groups in total. The lowest BCUT2D eigenvalue weighted by Crippen LogP contribution is -2.34. The average molecular weight is 208 g/mol. The van der Waals surface area contributed by atoms with Crippen LogP contribution in [0.3, 0.4) is 0 Å². The minimum absolute atomic E-state index is 0.343. The summed E-state index contributed by atoms with van der Waals surface area (Å²) in [5.41, 5.74) is 0.343. The first-order chi connectivity index (χ1) is 7.15. The molecule has 4 nitrogen and oxygen atoms in total. The molecule has 1 heterocycles.